The van der Waals surface area contributed by atoms with E-state index in [9.17, 15) is 4.79 Å². The van der Waals surface area contributed by atoms with E-state index in [1.165, 1.54) is 12.8 Å². The Kier molecular flexibility index (Phi) is 4.04. The highest BCUT2D eigenvalue weighted by molar-refractivity contribution is 5.75. The van der Waals surface area contributed by atoms with Gasteiger partial charge in [0.05, 0.1) is 7.11 Å². The van der Waals surface area contributed by atoms with Gasteiger partial charge in [-0.25, -0.2) is 0 Å². The van der Waals surface area contributed by atoms with Crippen LogP contribution in [0.4, 0.5) is 0 Å². The van der Waals surface area contributed by atoms with Crippen molar-refractivity contribution < 1.29 is 14.3 Å². The molecule has 0 unspecified atom stereocenters. The van der Waals surface area contributed by atoms with E-state index >= 15 is 0 Å². The van der Waals surface area contributed by atoms with Crippen LogP contribution in [0.25, 0.3) is 0 Å². The number of ether oxygens (including phenoxy) is 2. The number of methoxy groups -OCH3 is 1. The fourth-order valence-corrected chi connectivity index (χ4v) is 1.64. The molecule has 0 heterocycles. The zero-order valence-corrected chi connectivity index (χ0v) is 10.4. The first-order valence-corrected chi connectivity index (χ1v) is 6.00. The molecular formula is C13H18N2O3. The summed E-state index contributed by atoms with van der Waals surface area (Å²) in [7, 11) is 1.56. The van der Waals surface area contributed by atoms with Crippen molar-refractivity contribution in [2.75, 3.05) is 13.7 Å². The minimum Gasteiger partial charge on any atom is -0.493 e. The van der Waals surface area contributed by atoms with E-state index in [1.54, 1.807) is 7.11 Å². The lowest BCUT2D eigenvalue weighted by molar-refractivity contribution is -0.119. The van der Waals surface area contributed by atoms with E-state index < -0.39 is 5.91 Å². The summed E-state index contributed by atoms with van der Waals surface area (Å²) in [6, 6.07) is 6.34. The number of nitrogens with one attached hydrogen (secondary N) is 1. The van der Waals surface area contributed by atoms with E-state index in [0.29, 0.717) is 17.5 Å². The van der Waals surface area contributed by atoms with Crippen molar-refractivity contribution in [1.29, 1.82) is 0 Å². The molecule has 0 aliphatic heterocycles. The highest BCUT2D eigenvalue weighted by Gasteiger charge is 2.20. The summed E-state index contributed by atoms with van der Waals surface area (Å²) in [6.45, 7) is 0.650. The first-order chi connectivity index (χ1) is 8.69. The maximum absolute atomic E-state index is 10.7. The van der Waals surface area contributed by atoms with Crippen LogP contribution in [0.15, 0.2) is 18.2 Å². The SMILES string of the molecule is COc1ccc(CNC2CC2)cc1OCC(N)=O. The first-order valence-electron chi connectivity index (χ1n) is 6.00. The molecule has 1 fully saturated rings. The van der Waals surface area contributed by atoms with Crippen molar-refractivity contribution >= 4 is 5.91 Å². The van der Waals surface area contributed by atoms with Gasteiger partial charge in [-0.1, -0.05) is 6.07 Å². The molecule has 5 heteroatoms. The molecule has 1 aliphatic carbocycles. The summed E-state index contributed by atoms with van der Waals surface area (Å²) in [6.07, 6.45) is 2.50. The van der Waals surface area contributed by atoms with Crippen molar-refractivity contribution in [1.82, 2.24) is 5.32 Å². The molecular weight excluding hydrogens is 232 g/mol. The molecule has 1 amide bonds. The normalized spacial score (nSPS) is 14.3. The second-order valence-electron chi connectivity index (χ2n) is 4.40. The number of rotatable bonds is 7. The highest BCUT2D eigenvalue weighted by Crippen LogP contribution is 2.28. The lowest BCUT2D eigenvalue weighted by Gasteiger charge is -2.11. The van der Waals surface area contributed by atoms with E-state index in [0.717, 1.165) is 12.1 Å². The van der Waals surface area contributed by atoms with Crippen LogP contribution in [0.1, 0.15) is 18.4 Å². The number of benzene rings is 1. The van der Waals surface area contributed by atoms with Crippen LogP contribution in [0, 0.1) is 0 Å². The predicted molar refractivity (Wildman–Crippen MR) is 67.5 cm³/mol. The fourth-order valence-electron chi connectivity index (χ4n) is 1.64. The van der Waals surface area contributed by atoms with Gasteiger partial charge in [-0.3, -0.25) is 4.79 Å². The van der Waals surface area contributed by atoms with Gasteiger partial charge in [0.2, 0.25) is 0 Å². The Hall–Kier alpha value is -1.75. The van der Waals surface area contributed by atoms with Crippen LogP contribution in [-0.2, 0) is 11.3 Å². The van der Waals surface area contributed by atoms with Gasteiger partial charge in [0.15, 0.2) is 18.1 Å². The predicted octanol–water partition coefficient (Wildman–Crippen LogP) is 0.811. The Bertz CT molecular complexity index is 430. The van der Waals surface area contributed by atoms with Crippen molar-refractivity contribution in [3.63, 3.8) is 0 Å². The summed E-state index contributed by atoms with van der Waals surface area (Å²) in [5, 5.41) is 3.41. The van der Waals surface area contributed by atoms with E-state index in [-0.39, 0.29) is 6.61 Å². The van der Waals surface area contributed by atoms with Crippen LogP contribution < -0.4 is 20.5 Å². The Labute approximate surface area is 106 Å². The Morgan fingerprint density at radius 2 is 2.22 bits per heavy atom. The standard InChI is InChI=1S/C13H18N2O3/c1-17-11-5-2-9(7-15-10-3-4-10)6-12(11)18-8-13(14)16/h2,5-6,10,15H,3-4,7-8H2,1H3,(H2,14,16). The molecule has 1 aromatic carbocycles. The second-order valence-corrected chi connectivity index (χ2v) is 4.40. The van der Waals surface area contributed by atoms with Crippen LogP contribution in [0.5, 0.6) is 11.5 Å². The summed E-state index contributed by atoms with van der Waals surface area (Å²) in [5.74, 6) is 0.649. The lowest BCUT2D eigenvalue weighted by atomic mass is 10.2. The van der Waals surface area contributed by atoms with Gasteiger partial charge in [-0.15, -0.1) is 0 Å². The maximum Gasteiger partial charge on any atom is 0.255 e. The fraction of sp³-hybridized carbons (Fsp3) is 0.462. The van der Waals surface area contributed by atoms with Gasteiger partial charge < -0.3 is 20.5 Å². The monoisotopic (exact) mass is 250 g/mol. The average Bonchev–Trinajstić information content (AvgIpc) is 3.18. The maximum atomic E-state index is 10.7. The quantitative estimate of drug-likeness (QED) is 0.751. The topological polar surface area (TPSA) is 73.6 Å². The van der Waals surface area contributed by atoms with Crippen molar-refractivity contribution in [3.8, 4) is 11.5 Å². The van der Waals surface area contributed by atoms with E-state index in [2.05, 4.69) is 5.32 Å². The van der Waals surface area contributed by atoms with Crippen LogP contribution in [0.2, 0.25) is 0 Å². The molecule has 3 N–H and O–H groups in total. The lowest BCUT2D eigenvalue weighted by Crippen LogP contribution is -2.20. The molecule has 0 saturated heterocycles. The Balaban J connectivity index is 2.02. The number of nitrogens with two attached hydrogens (primary N) is 1. The number of primary amides is 1. The van der Waals surface area contributed by atoms with Gasteiger partial charge in [-0.2, -0.15) is 0 Å². The number of carbonyl (C=O) groups is 1. The third-order valence-electron chi connectivity index (χ3n) is 2.77. The number of amides is 1. The van der Waals surface area contributed by atoms with Crippen LogP contribution in [0.3, 0.4) is 0 Å². The highest BCUT2D eigenvalue weighted by atomic mass is 16.5. The van der Waals surface area contributed by atoms with Crippen molar-refractivity contribution in [3.05, 3.63) is 23.8 Å². The molecule has 0 spiro atoms. The molecule has 2 rings (SSSR count). The van der Waals surface area contributed by atoms with Gasteiger partial charge in [0.1, 0.15) is 0 Å². The summed E-state index contributed by atoms with van der Waals surface area (Å²) >= 11 is 0. The van der Waals surface area contributed by atoms with Crippen LogP contribution >= 0.6 is 0 Å². The molecule has 1 aromatic rings. The molecule has 98 valence electrons. The largest absolute Gasteiger partial charge is 0.493 e. The molecule has 18 heavy (non-hydrogen) atoms. The Morgan fingerprint density at radius 3 is 2.83 bits per heavy atom. The van der Waals surface area contributed by atoms with E-state index in [4.69, 9.17) is 15.2 Å². The minimum absolute atomic E-state index is 0.143. The number of hydrogen-bond acceptors (Lipinski definition) is 4. The average molecular weight is 250 g/mol. The molecule has 0 radical (unpaired) electrons. The molecule has 5 nitrogen and oxygen atoms in total. The third kappa shape index (κ3) is 3.63. The van der Waals surface area contributed by atoms with E-state index in [1.807, 2.05) is 18.2 Å². The smallest absolute Gasteiger partial charge is 0.255 e. The number of hydrogen-bond donors (Lipinski definition) is 2. The zero-order chi connectivity index (χ0) is 13.0. The van der Waals surface area contributed by atoms with Gasteiger partial charge in [0, 0.05) is 12.6 Å². The summed E-state index contributed by atoms with van der Waals surface area (Å²) in [4.78, 5) is 10.7. The first kappa shape index (κ1) is 12.7. The van der Waals surface area contributed by atoms with Crippen molar-refractivity contribution in [2.45, 2.75) is 25.4 Å². The van der Waals surface area contributed by atoms with Gasteiger partial charge in [0.25, 0.3) is 5.91 Å². The summed E-state index contributed by atoms with van der Waals surface area (Å²) in [5.41, 5.74) is 6.16. The minimum atomic E-state index is -0.501. The molecule has 0 bridgehead atoms. The summed E-state index contributed by atoms with van der Waals surface area (Å²) < 4.78 is 10.5. The second kappa shape index (κ2) is 5.73. The molecule has 1 aliphatic rings. The van der Waals surface area contributed by atoms with Gasteiger partial charge in [-0.05, 0) is 30.5 Å². The van der Waals surface area contributed by atoms with Crippen molar-refractivity contribution in [2.24, 2.45) is 5.73 Å². The van der Waals surface area contributed by atoms with Gasteiger partial charge >= 0.3 is 0 Å². The van der Waals surface area contributed by atoms with Crippen LogP contribution in [-0.4, -0.2) is 25.7 Å². The number of carbonyl (C=O) groups excluding carboxylic acids is 1. The molecule has 0 atom stereocenters. The molecule has 0 aromatic heterocycles. The zero-order valence-electron chi connectivity index (χ0n) is 10.4. The Morgan fingerprint density at radius 1 is 1.44 bits per heavy atom. The molecule has 1 saturated carbocycles. The third-order valence-corrected chi connectivity index (χ3v) is 2.77.